The Morgan fingerprint density at radius 3 is 2.57 bits per heavy atom. The van der Waals surface area contributed by atoms with Gasteiger partial charge in [0, 0.05) is 20.0 Å². The molecule has 0 aromatic rings. The summed E-state index contributed by atoms with van der Waals surface area (Å²) in [6.45, 7) is 2.33. The van der Waals surface area contributed by atoms with Crippen molar-refractivity contribution in [2.24, 2.45) is 16.5 Å². The van der Waals surface area contributed by atoms with Crippen LogP contribution in [0.1, 0.15) is 19.8 Å². The average molecular weight is 198 g/mol. The summed E-state index contributed by atoms with van der Waals surface area (Å²) in [6.07, 6.45) is 2.95. The predicted octanol–water partition coefficient (Wildman–Crippen LogP) is -0.268. The molecule has 0 bridgehead atoms. The van der Waals surface area contributed by atoms with Crippen molar-refractivity contribution in [2.75, 3.05) is 13.6 Å². The highest BCUT2D eigenvalue weighted by atomic mass is 16.1. The third-order valence-electron chi connectivity index (χ3n) is 1.66. The third kappa shape index (κ3) is 5.18. The Bertz CT molecular complexity index is 241. The van der Waals surface area contributed by atoms with Gasteiger partial charge in [0.15, 0.2) is 11.7 Å². The zero-order chi connectivity index (χ0) is 11.0. The summed E-state index contributed by atoms with van der Waals surface area (Å²) in [7, 11) is 1.72. The maximum absolute atomic E-state index is 11.3. The number of nitrogens with zero attached hydrogens (tertiary/aromatic N) is 1. The lowest BCUT2D eigenvalue weighted by Crippen LogP contribution is -2.23. The number of hydrogen-bond donors (Lipinski definition) is 3. The first-order chi connectivity index (χ1) is 6.61. The van der Waals surface area contributed by atoms with Gasteiger partial charge >= 0.3 is 0 Å². The molecule has 5 N–H and O–H groups in total. The molecule has 0 aromatic carbocycles. The lowest BCUT2D eigenvalue weighted by atomic mass is 10.2. The topological polar surface area (TPSA) is 93.5 Å². The molecule has 14 heavy (non-hydrogen) atoms. The van der Waals surface area contributed by atoms with Gasteiger partial charge in [-0.2, -0.15) is 0 Å². The Kier molecular flexibility index (Phi) is 6.19. The van der Waals surface area contributed by atoms with Gasteiger partial charge < -0.3 is 16.8 Å². The van der Waals surface area contributed by atoms with Gasteiger partial charge in [-0.15, -0.1) is 0 Å². The van der Waals surface area contributed by atoms with E-state index in [0.29, 0.717) is 25.1 Å². The van der Waals surface area contributed by atoms with Crippen LogP contribution in [-0.2, 0) is 4.79 Å². The zero-order valence-corrected chi connectivity index (χ0v) is 8.71. The highest BCUT2D eigenvalue weighted by Crippen LogP contribution is 1.97. The first-order valence-corrected chi connectivity index (χ1v) is 4.58. The summed E-state index contributed by atoms with van der Waals surface area (Å²) in [5, 5.41) is 2.84. The molecule has 0 heterocycles. The number of aliphatic imine (C=N–C) groups is 1. The number of guanidine groups is 1. The fourth-order valence-corrected chi connectivity index (χ4v) is 0.948. The van der Waals surface area contributed by atoms with Crippen molar-refractivity contribution < 1.29 is 4.79 Å². The molecule has 0 saturated heterocycles. The molecular formula is C9H18N4O. The molecule has 0 aromatic heterocycles. The Labute approximate surface area is 84.3 Å². The number of Topliss-reactive ketones (excluding diaryl/α,β-unsaturated/α-hetero) is 1. The molecule has 0 atom stereocenters. The van der Waals surface area contributed by atoms with Crippen LogP contribution >= 0.6 is 0 Å². The predicted molar refractivity (Wildman–Crippen MR) is 57.7 cm³/mol. The number of nitrogens with one attached hydrogen (secondary N) is 1. The number of hydrogen-bond acceptors (Lipinski definition) is 3. The van der Waals surface area contributed by atoms with Crippen molar-refractivity contribution >= 4 is 11.7 Å². The molecule has 0 spiro atoms. The minimum absolute atomic E-state index is 0.0752. The summed E-state index contributed by atoms with van der Waals surface area (Å²) in [5.41, 5.74) is 10.9. The molecule has 0 amide bonds. The van der Waals surface area contributed by atoms with E-state index in [0.717, 1.165) is 0 Å². The Balaban J connectivity index is 4.06. The zero-order valence-electron chi connectivity index (χ0n) is 8.71. The highest BCUT2D eigenvalue weighted by molar-refractivity contribution is 5.94. The van der Waals surface area contributed by atoms with E-state index in [4.69, 9.17) is 11.5 Å². The number of carbonyl (C=O) groups excluding carboxylic acids is 1. The number of ketones is 1. The van der Waals surface area contributed by atoms with Gasteiger partial charge in [-0.25, -0.2) is 0 Å². The van der Waals surface area contributed by atoms with Crippen LogP contribution in [-0.4, -0.2) is 25.3 Å². The number of carbonyl (C=O) groups is 1. The monoisotopic (exact) mass is 198 g/mol. The summed E-state index contributed by atoms with van der Waals surface area (Å²) in [6, 6.07) is 0. The Morgan fingerprint density at radius 2 is 2.14 bits per heavy atom. The van der Waals surface area contributed by atoms with Gasteiger partial charge in [0.2, 0.25) is 0 Å². The van der Waals surface area contributed by atoms with Crippen LogP contribution in [0, 0.1) is 0 Å². The Morgan fingerprint density at radius 1 is 1.50 bits per heavy atom. The van der Waals surface area contributed by atoms with Crippen LogP contribution in [0.3, 0.4) is 0 Å². The summed E-state index contributed by atoms with van der Waals surface area (Å²) >= 11 is 0. The Hall–Kier alpha value is -1.52. The molecule has 0 radical (unpaired) electrons. The third-order valence-corrected chi connectivity index (χ3v) is 1.66. The van der Waals surface area contributed by atoms with Gasteiger partial charge in [-0.05, 0) is 6.42 Å². The van der Waals surface area contributed by atoms with Crippen LogP contribution in [0.2, 0.25) is 0 Å². The van der Waals surface area contributed by atoms with Crippen LogP contribution < -0.4 is 16.8 Å². The van der Waals surface area contributed by atoms with Crippen LogP contribution in [0.25, 0.3) is 0 Å². The summed E-state index contributed by atoms with van der Waals surface area (Å²) in [4.78, 5) is 15.1. The second-order valence-electron chi connectivity index (χ2n) is 2.74. The number of nitrogens with two attached hydrogens (primary N) is 2. The van der Waals surface area contributed by atoms with E-state index in [1.807, 2.05) is 6.92 Å². The number of rotatable bonds is 6. The number of likely N-dealkylation sites (N-methyl/N-ethyl adjacent to an activating group) is 1. The molecule has 0 rings (SSSR count). The van der Waals surface area contributed by atoms with E-state index in [9.17, 15) is 4.79 Å². The minimum Gasteiger partial charge on any atom is -0.386 e. The van der Waals surface area contributed by atoms with E-state index < -0.39 is 0 Å². The molecule has 0 aliphatic rings. The normalized spacial score (nSPS) is 10.9. The molecule has 80 valence electrons. The van der Waals surface area contributed by atoms with Crippen LogP contribution in [0.4, 0.5) is 0 Å². The van der Waals surface area contributed by atoms with E-state index in [-0.39, 0.29) is 11.7 Å². The van der Waals surface area contributed by atoms with Crippen molar-refractivity contribution in [3.8, 4) is 0 Å². The van der Waals surface area contributed by atoms with Gasteiger partial charge in [0.1, 0.15) is 0 Å². The molecule has 0 aliphatic heterocycles. The fourth-order valence-electron chi connectivity index (χ4n) is 0.948. The van der Waals surface area contributed by atoms with Gasteiger partial charge in [0.05, 0.1) is 5.70 Å². The van der Waals surface area contributed by atoms with E-state index in [2.05, 4.69) is 10.3 Å². The standard InChI is InChI=1S/C9H18N4O/c1-3-8(14)7(12-2)5-4-6-13-9(10)11/h5,12H,3-4,6H2,1-2H3,(H4,10,11,13)/b7-5+. The lowest BCUT2D eigenvalue weighted by molar-refractivity contribution is -0.115. The molecule has 5 heteroatoms. The average Bonchev–Trinajstić information content (AvgIpc) is 2.16. The summed E-state index contributed by atoms with van der Waals surface area (Å²) in [5.74, 6) is 0.170. The largest absolute Gasteiger partial charge is 0.386 e. The quantitative estimate of drug-likeness (QED) is 0.237. The highest BCUT2D eigenvalue weighted by Gasteiger charge is 2.02. The minimum atomic E-state index is 0.0752. The van der Waals surface area contributed by atoms with Crippen molar-refractivity contribution in [1.29, 1.82) is 0 Å². The van der Waals surface area contributed by atoms with E-state index in [1.54, 1.807) is 13.1 Å². The first-order valence-electron chi connectivity index (χ1n) is 4.58. The van der Waals surface area contributed by atoms with Crippen molar-refractivity contribution in [1.82, 2.24) is 5.32 Å². The van der Waals surface area contributed by atoms with Crippen molar-refractivity contribution in [3.63, 3.8) is 0 Å². The second kappa shape index (κ2) is 6.94. The fraction of sp³-hybridized carbons (Fsp3) is 0.556. The molecule has 0 unspecified atom stereocenters. The van der Waals surface area contributed by atoms with Gasteiger partial charge in [-0.1, -0.05) is 13.0 Å². The van der Waals surface area contributed by atoms with Crippen molar-refractivity contribution in [2.45, 2.75) is 19.8 Å². The van der Waals surface area contributed by atoms with Crippen molar-refractivity contribution in [3.05, 3.63) is 11.8 Å². The molecular weight excluding hydrogens is 180 g/mol. The van der Waals surface area contributed by atoms with Crippen LogP contribution in [0.5, 0.6) is 0 Å². The molecule has 0 aliphatic carbocycles. The van der Waals surface area contributed by atoms with E-state index >= 15 is 0 Å². The first kappa shape index (κ1) is 12.5. The maximum Gasteiger partial charge on any atom is 0.185 e. The number of allylic oxidation sites excluding steroid dienone is 1. The molecule has 5 nitrogen and oxygen atoms in total. The van der Waals surface area contributed by atoms with Gasteiger partial charge in [0.25, 0.3) is 0 Å². The van der Waals surface area contributed by atoms with Gasteiger partial charge in [-0.3, -0.25) is 9.79 Å². The summed E-state index contributed by atoms with van der Waals surface area (Å²) < 4.78 is 0. The van der Waals surface area contributed by atoms with Crippen LogP contribution in [0.15, 0.2) is 16.8 Å². The lowest BCUT2D eigenvalue weighted by Gasteiger charge is -2.02. The van der Waals surface area contributed by atoms with E-state index in [1.165, 1.54) is 0 Å². The SMILES string of the molecule is CCC(=O)/C(=C\CCN=C(N)N)NC. The molecule has 0 saturated carbocycles. The second-order valence-corrected chi connectivity index (χ2v) is 2.74. The maximum atomic E-state index is 11.3. The molecule has 0 fully saturated rings. The smallest absolute Gasteiger partial charge is 0.185 e.